The summed E-state index contributed by atoms with van der Waals surface area (Å²) in [6.07, 6.45) is -5.21. The molecule has 8 nitrogen and oxygen atoms in total. The highest BCUT2D eigenvalue weighted by molar-refractivity contribution is 7.87. The van der Waals surface area contributed by atoms with E-state index < -0.39 is 45.3 Å². The summed E-state index contributed by atoms with van der Waals surface area (Å²) < 4.78 is 79.2. The molecule has 134 valence electrons. The first-order valence-electron chi connectivity index (χ1n) is 9.05. The third-order valence-electron chi connectivity index (χ3n) is 2.39. The van der Waals surface area contributed by atoms with Gasteiger partial charge in [-0.15, -0.1) is 0 Å². The van der Waals surface area contributed by atoms with E-state index in [9.17, 15) is 13.2 Å². The van der Waals surface area contributed by atoms with Gasteiger partial charge in [-0.2, -0.15) is 12.7 Å². The van der Waals surface area contributed by atoms with Crippen LogP contribution >= 0.6 is 11.6 Å². The summed E-state index contributed by atoms with van der Waals surface area (Å²) >= 11 is 5.80. The Morgan fingerprint density at radius 2 is 2.25 bits per heavy atom. The Balaban J connectivity index is 2.62. The first-order valence-corrected chi connectivity index (χ1v) is 8.44. The second-order valence-electron chi connectivity index (χ2n) is 5.63. The number of rotatable bonds is 3. The number of carbonyl (C=O) groups is 1. The van der Waals surface area contributed by atoms with E-state index in [2.05, 4.69) is 0 Å². The normalized spacial score (nSPS) is 26.1. The molecule has 1 amide bonds. The average molecular weight is 384 g/mol. The fourth-order valence-electron chi connectivity index (χ4n) is 1.53. The molecule has 1 atom stereocenters. The zero-order valence-electron chi connectivity index (χ0n) is 18.0. The number of carbonyl (C=O) groups excluding carboxylic acids is 1. The molecule has 0 aliphatic carbocycles. The highest BCUT2D eigenvalue weighted by Gasteiger charge is 2.34. The predicted molar refractivity (Wildman–Crippen MR) is 87.4 cm³/mol. The van der Waals surface area contributed by atoms with Crippen LogP contribution in [-0.4, -0.2) is 43.6 Å². The number of nitrogens with two attached hydrogens (primary N) is 1. The highest BCUT2D eigenvalue weighted by Crippen LogP contribution is 2.34. The zero-order chi connectivity index (χ0) is 22.6. The van der Waals surface area contributed by atoms with E-state index in [1.54, 1.807) is 0 Å². The molecule has 1 aliphatic heterocycles. The largest absolute Gasteiger partial charge is 0.486 e. The molecule has 0 saturated carbocycles. The summed E-state index contributed by atoms with van der Waals surface area (Å²) in [5.41, 5.74) is -1.25. The van der Waals surface area contributed by atoms with Gasteiger partial charge >= 0.3 is 16.3 Å². The van der Waals surface area contributed by atoms with Crippen LogP contribution < -0.4 is 14.6 Å². The number of halogens is 1. The Labute approximate surface area is 152 Å². The molecular formula is C14H19ClN2O6S. The topological polar surface area (TPSA) is 108 Å². The van der Waals surface area contributed by atoms with Gasteiger partial charge in [0.05, 0.1) is 13.4 Å². The van der Waals surface area contributed by atoms with Crippen molar-refractivity contribution in [2.75, 3.05) is 13.1 Å². The Morgan fingerprint density at radius 1 is 1.58 bits per heavy atom. The summed E-state index contributed by atoms with van der Waals surface area (Å²) in [5.74, 6) is -0.553. The zero-order valence-corrected chi connectivity index (χ0v) is 14.6. The number of hydrogen-bond donors (Lipinski definition) is 1. The SMILES string of the molecule is [2H]C1([2H])Oc2cc(Cl)ccc2OC1([2H])C([2H])([2H])N(C(=O)OC(C)(C)C)S(N)(=O)=O. The maximum absolute atomic E-state index is 12.4. The molecule has 1 aromatic carbocycles. The summed E-state index contributed by atoms with van der Waals surface area (Å²) in [4.78, 5) is 12.4. The molecule has 0 spiro atoms. The van der Waals surface area contributed by atoms with Crippen LogP contribution in [0.1, 0.15) is 27.6 Å². The molecule has 0 bridgehead atoms. The second kappa shape index (κ2) is 6.66. The van der Waals surface area contributed by atoms with Gasteiger partial charge in [-0.25, -0.2) is 9.93 Å². The van der Waals surface area contributed by atoms with Crippen LogP contribution in [0.25, 0.3) is 0 Å². The second-order valence-corrected chi connectivity index (χ2v) is 7.46. The Hall–Kier alpha value is -1.71. The minimum Gasteiger partial charge on any atom is -0.486 e. The Kier molecular flexibility index (Phi) is 3.50. The lowest BCUT2D eigenvalue weighted by atomic mass is 10.2. The van der Waals surface area contributed by atoms with Gasteiger partial charge in [0.15, 0.2) is 17.6 Å². The Bertz CT molecular complexity index is 939. The number of fused-ring (bicyclic) bond motifs is 1. The van der Waals surface area contributed by atoms with Crippen LogP contribution in [0.15, 0.2) is 18.2 Å². The predicted octanol–water partition coefficient (Wildman–Crippen LogP) is 1.92. The highest BCUT2D eigenvalue weighted by atomic mass is 35.5. The molecule has 0 aromatic heterocycles. The molecule has 2 rings (SSSR count). The number of hydrogen-bond acceptors (Lipinski definition) is 6. The van der Waals surface area contributed by atoms with Crippen molar-refractivity contribution in [1.29, 1.82) is 0 Å². The molecular weight excluding hydrogens is 360 g/mol. The lowest BCUT2D eigenvalue weighted by molar-refractivity contribution is 0.0265. The van der Waals surface area contributed by atoms with Gasteiger partial charge in [-0.1, -0.05) is 11.6 Å². The van der Waals surface area contributed by atoms with E-state index in [0.29, 0.717) is 0 Å². The summed E-state index contributed by atoms with van der Waals surface area (Å²) in [6.45, 7) is -2.85. The molecule has 2 N–H and O–H groups in total. The monoisotopic (exact) mass is 383 g/mol. The number of nitrogens with zero attached hydrogens (tertiary/aromatic N) is 1. The van der Waals surface area contributed by atoms with Crippen molar-refractivity contribution in [1.82, 2.24) is 4.31 Å². The minimum absolute atomic E-state index is 0.142. The van der Waals surface area contributed by atoms with E-state index in [0.717, 1.165) is 6.07 Å². The standard InChI is InChI=1S/C14H19ClN2O6S/c1-14(2,3)23-13(18)17(24(16,19)20)7-10-8-21-12-6-9(15)4-5-11(12)22-10/h4-6,10H,7-8H2,1-3H3,(H2,16,19,20)/i7D2,8D2,10D. The van der Waals surface area contributed by atoms with Crippen molar-refractivity contribution in [3.63, 3.8) is 0 Å². The van der Waals surface area contributed by atoms with E-state index >= 15 is 0 Å². The van der Waals surface area contributed by atoms with Crippen LogP contribution in [-0.2, 0) is 14.9 Å². The third kappa shape index (κ3) is 4.89. The van der Waals surface area contributed by atoms with Crippen molar-refractivity contribution < 1.29 is 34.3 Å². The first kappa shape index (κ1) is 12.6. The fraction of sp³-hybridized carbons (Fsp3) is 0.500. The van der Waals surface area contributed by atoms with Crippen LogP contribution in [0.2, 0.25) is 5.02 Å². The van der Waals surface area contributed by atoms with Gasteiger partial charge in [0, 0.05) is 11.1 Å². The molecule has 24 heavy (non-hydrogen) atoms. The number of ether oxygens (including phenoxy) is 3. The third-order valence-corrected chi connectivity index (χ3v) is 3.37. The maximum atomic E-state index is 12.4. The lowest BCUT2D eigenvalue weighted by Gasteiger charge is -2.31. The van der Waals surface area contributed by atoms with Crippen molar-refractivity contribution in [3.05, 3.63) is 23.2 Å². The van der Waals surface area contributed by atoms with Crippen LogP contribution in [0.3, 0.4) is 0 Å². The fourth-order valence-corrected chi connectivity index (χ4v) is 2.15. The maximum Gasteiger partial charge on any atom is 0.425 e. The van der Waals surface area contributed by atoms with E-state index in [1.165, 1.54) is 32.9 Å². The first-order chi connectivity index (χ1) is 12.8. The molecule has 0 saturated heterocycles. The van der Waals surface area contributed by atoms with Crippen molar-refractivity contribution >= 4 is 27.9 Å². The van der Waals surface area contributed by atoms with Gasteiger partial charge < -0.3 is 14.2 Å². The van der Waals surface area contributed by atoms with Gasteiger partial charge in [0.2, 0.25) is 0 Å². The van der Waals surface area contributed by atoms with Gasteiger partial charge in [-0.3, -0.25) is 0 Å². The molecule has 10 heteroatoms. The van der Waals surface area contributed by atoms with Crippen molar-refractivity contribution in [3.8, 4) is 11.5 Å². The molecule has 0 radical (unpaired) electrons. The number of amides is 1. The van der Waals surface area contributed by atoms with Crippen LogP contribution in [0.5, 0.6) is 11.5 Å². The molecule has 1 aromatic rings. The Morgan fingerprint density at radius 3 is 2.83 bits per heavy atom. The smallest absolute Gasteiger partial charge is 0.425 e. The summed E-state index contributed by atoms with van der Waals surface area (Å²) in [7, 11) is -5.18. The lowest BCUT2D eigenvalue weighted by Crippen LogP contribution is -2.50. The quantitative estimate of drug-likeness (QED) is 0.854. The van der Waals surface area contributed by atoms with Crippen LogP contribution in [0, 0.1) is 0 Å². The van der Waals surface area contributed by atoms with Gasteiger partial charge in [0.25, 0.3) is 0 Å². The summed E-state index contributed by atoms with van der Waals surface area (Å²) in [6, 6.07) is 3.63. The van der Waals surface area contributed by atoms with Crippen LogP contribution in [0.4, 0.5) is 4.79 Å². The number of benzene rings is 1. The summed E-state index contributed by atoms with van der Waals surface area (Å²) in [5, 5.41) is 5.13. The molecule has 1 aliphatic rings. The molecule has 0 fully saturated rings. The molecule has 1 unspecified atom stereocenters. The van der Waals surface area contributed by atoms with Gasteiger partial charge in [-0.05, 0) is 32.9 Å². The van der Waals surface area contributed by atoms with E-state index in [1.807, 2.05) is 0 Å². The minimum atomic E-state index is -5.18. The van der Waals surface area contributed by atoms with E-state index in [4.69, 9.17) is 37.8 Å². The molecule has 1 heterocycles. The van der Waals surface area contributed by atoms with Crippen molar-refractivity contribution in [2.24, 2.45) is 5.14 Å². The van der Waals surface area contributed by atoms with Gasteiger partial charge in [0.1, 0.15) is 12.2 Å². The van der Waals surface area contributed by atoms with Crippen molar-refractivity contribution in [2.45, 2.75) is 32.5 Å². The average Bonchev–Trinajstić information content (AvgIpc) is 2.44. The van der Waals surface area contributed by atoms with E-state index in [-0.39, 0.29) is 16.5 Å².